The number of nitrogens with one attached hydrogen (secondary N) is 1. The topological polar surface area (TPSA) is 49.4 Å². The van der Waals surface area contributed by atoms with Crippen LogP contribution in [0.4, 0.5) is 0 Å². The maximum atomic E-state index is 12.5. The van der Waals surface area contributed by atoms with Gasteiger partial charge in [0.2, 0.25) is 10.0 Å². The van der Waals surface area contributed by atoms with Crippen LogP contribution in [-0.2, 0) is 10.0 Å². The van der Waals surface area contributed by atoms with Crippen LogP contribution >= 0.6 is 11.3 Å². The van der Waals surface area contributed by atoms with Crippen LogP contribution in [0.5, 0.6) is 0 Å². The molecule has 132 valence electrons. The van der Waals surface area contributed by atoms with E-state index in [2.05, 4.69) is 17.9 Å². The zero-order chi connectivity index (χ0) is 17.7. The Hall–Kier alpha value is -1.37. The van der Waals surface area contributed by atoms with E-state index in [0.29, 0.717) is 4.21 Å². The predicted molar refractivity (Wildman–Crippen MR) is 103 cm³/mol. The average Bonchev–Trinajstić information content (AvgIpc) is 3.03. The first kappa shape index (κ1) is 19.0. The molecule has 0 unspecified atom stereocenters. The van der Waals surface area contributed by atoms with Gasteiger partial charge in [0.05, 0.1) is 0 Å². The molecular weight excluding hydrogens is 340 g/mol. The summed E-state index contributed by atoms with van der Waals surface area (Å²) in [6.45, 7) is 7.94. The largest absolute Gasteiger partial charge is 0.378 e. The molecule has 0 saturated heterocycles. The summed E-state index contributed by atoms with van der Waals surface area (Å²) in [5.41, 5.74) is 1.64. The van der Waals surface area contributed by atoms with Crippen molar-refractivity contribution in [2.75, 3.05) is 14.1 Å². The van der Waals surface area contributed by atoms with Crippen molar-refractivity contribution in [3.05, 3.63) is 48.0 Å². The number of hydrogen-bond acceptors (Lipinski definition) is 4. The highest BCUT2D eigenvalue weighted by Gasteiger charge is 2.23. The van der Waals surface area contributed by atoms with Crippen molar-refractivity contribution in [1.29, 1.82) is 0 Å². The van der Waals surface area contributed by atoms with Crippen LogP contribution in [0.25, 0.3) is 5.57 Å². The zero-order valence-corrected chi connectivity index (χ0v) is 16.0. The second kappa shape index (κ2) is 8.14. The minimum atomic E-state index is -3.44. The van der Waals surface area contributed by atoms with Crippen molar-refractivity contribution in [2.45, 2.75) is 42.4 Å². The molecule has 1 aromatic heterocycles. The molecule has 4 nitrogen and oxygen atoms in total. The second-order valence-electron chi connectivity index (χ2n) is 6.32. The lowest BCUT2D eigenvalue weighted by Gasteiger charge is -2.22. The van der Waals surface area contributed by atoms with Gasteiger partial charge >= 0.3 is 0 Å². The molecule has 6 heteroatoms. The number of likely N-dealkylation sites (N-methyl/N-ethyl adjacent to an activating group) is 1. The van der Waals surface area contributed by atoms with Gasteiger partial charge in [0.15, 0.2) is 0 Å². The summed E-state index contributed by atoms with van der Waals surface area (Å²) in [6, 6.07) is 3.54. The average molecular weight is 367 g/mol. The van der Waals surface area contributed by atoms with Crippen molar-refractivity contribution in [2.24, 2.45) is 0 Å². The Morgan fingerprint density at radius 1 is 1.21 bits per heavy atom. The van der Waals surface area contributed by atoms with Gasteiger partial charge in [-0.15, -0.1) is 11.3 Å². The third-order valence-electron chi connectivity index (χ3n) is 4.14. The zero-order valence-electron chi connectivity index (χ0n) is 14.4. The molecule has 0 bridgehead atoms. The summed E-state index contributed by atoms with van der Waals surface area (Å²) in [7, 11) is 0.398. The fourth-order valence-electron chi connectivity index (χ4n) is 2.56. The number of allylic oxidation sites excluding steroid dienone is 3. The van der Waals surface area contributed by atoms with E-state index in [0.717, 1.165) is 41.8 Å². The van der Waals surface area contributed by atoms with Crippen LogP contribution in [0.2, 0.25) is 0 Å². The lowest BCUT2D eigenvalue weighted by Crippen LogP contribution is -2.35. The minimum absolute atomic E-state index is 0.0702. The van der Waals surface area contributed by atoms with Gasteiger partial charge in [0.1, 0.15) is 4.21 Å². The first-order valence-corrected chi connectivity index (χ1v) is 10.5. The van der Waals surface area contributed by atoms with E-state index in [-0.39, 0.29) is 6.04 Å². The SMILES string of the molecule is C=C(/C=C\C(=C)N(C)C)c1ccc(S(=O)(=O)NC2CCCCC2)s1. The van der Waals surface area contributed by atoms with E-state index >= 15 is 0 Å². The summed E-state index contributed by atoms with van der Waals surface area (Å²) < 4.78 is 28.2. The van der Waals surface area contributed by atoms with Crippen LogP contribution in [-0.4, -0.2) is 33.5 Å². The Morgan fingerprint density at radius 3 is 2.50 bits per heavy atom. The molecule has 0 aromatic carbocycles. The molecule has 1 aliphatic rings. The molecule has 0 amide bonds. The standard InChI is InChI=1S/C18H26N2O2S2/c1-14(10-11-15(2)20(3)4)17-12-13-18(23-17)24(21,22)19-16-8-6-5-7-9-16/h10-13,16,19H,1-2,5-9H2,3-4H3/b11-10-. The Labute approximate surface area is 149 Å². The normalized spacial score (nSPS) is 16.4. The molecule has 0 spiro atoms. The van der Waals surface area contributed by atoms with E-state index in [1.165, 1.54) is 17.8 Å². The highest BCUT2D eigenvalue weighted by atomic mass is 32.2. The third kappa shape index (κ3) is 5.06. The predicted octanol–water partition coefficient (Wildman–Crippen LogP) is 4.00. The van der Waals surface area contributed by atoms with Crippen LogP contribution in [0.1, 0.15) is 37.0 Å². The van der Waals surface area contributed by atoms with Crippen molar-refractivity contribution in [1.82, 2.24) is 9.62 Å². The van der Waals surface area contributed by atoms with Crippen molar-refractivity contribution >= 4 is 26.9 Å². The summed E-state index contributed by atoms with van der Waals surface area (Å²) in [4.78, 5) is 2.75. The summed E-state index contributed by atoms with van der Waals surface area (Å²) in [5.74, 6) is 0. The highest BCUT2D eigenvalue weighted by molar-refractivity contribution is 7.91. The maximum Gasteiger partial charge on any atom is 0.250 e. The van der Waals surface area contributed by atoms with Crippen molar-refractivity contribution in [3.8, 4) is 0 Å². The molecule has 24 heavy (non-hydrogen) atoms. The second-order valence-corrected chi connectivity index (χ2v) is 9.34. The molecule has 1 aromatic rings. The molecule has 1 heterocycles. The van der Waals surface area contributed by atoms with Crippen LogP contribution in [0.15, 0.2) is 47.3 Å². The number of nitrogens with zero attached hydrogens (tertiary/aromatic N) is 1. The quantitative estimate of drug-likeness (QED) is 0.742. The Balaban J connectivity index is 2.06. The molecule has 2 rings (SSSR count). The van der Waals surface area contributed by atoms with Gasteiger partial charge in [-0.1, -0.05) is 38.5 Å². The molecule has 1 fully saturated rings. The molecule has 0 radical (unpaired) electrons. The number of rotatable bonds is 7. The highest BCUT2D eigenvalue weighted by Crippen LogP contribution is 2.28. The van der Waals surface area contributed by atoms with Crippen LogP contribution < -0.4 is 4.72 Å². The number of hydrogen-bond donors (Lipinski definition) is 1. The summed E-state index contributed by atoms with van der Waals surface area (Å²) in [6.07, 6.45) is 8.99. The fourth-order valence-corrected chi connectivity index (χ4v) is 5.14. The first-order valence-electron chi connectivity index (χ1n) is 8.15. The summed E-state index contributed by atoms with van der Waals surface area (Å²) in [5, 5.41) is 0. The van der Waals surface area contributed by atoms with Gasteiger partial charge in [-0.2, -0.15) is 0 Å². The van der Waals surface area contributed by atoms with Gasteiger partial charge in [-0.25, -0.2) is 13.1 Å². The summed E-state index contributed by atoms with van der Waals surface area (Å²) >= 11 is 1.25. The minimum Gasteiger partial charge on any atom is -0.378 e. The van der Waals surface area contributed by atoms with Gasteiger partial charge in [0.25, 0.3) is 0 Å². The van der Waals surface area contributed by atoms with E-state index in [4.69, 9.17) is 0 Å². The van der Waals surface area contributed by atoms with Gasteiger partial charge in [-0.3, -0.25) is 0 Å². The number of sulfonamides is 1. The van der Waals surface area contributed by atoms with E-state index < -0.39 is 10.0 Å². The Morgan fingerprint density at radius 2 is 1.88 bits per heavy atom. The van der Waals surface area contributed by atoms with Gasteiger partial charge < -0.3 is 4.90 Å². The lowest BCUT2D eigenvalue weighted by molar-refractivity contribution is 0.412. The maximum absolute atomic E-state index is 12.5. The van der Waals surface area contributed by atoms with E-state index in [9.17, 15) is 8.42 Å². The third-order valence-corrected chi connectivity index (χ3v) is 7.31. The molecule has 0 atom stereocenters. The Bertz CT molecular complexity index is 724. The van der Waals surface area contributed by atoms with Gasteiger partial charge in [-0.05, 0) is 36.6 Å². The van der Waals surface area contributed by atoms with E-state index in [1.54, 1.807) is 6.07 Å². The first-order chi connectivity index (χ1) is 11.3. The van der Waals surface area contributed by atoms with Crippen LogP contribution in [0, 0.1) is 0 Å². The molecule has 1 aliphatic carbocycles. The van der Waals surface area contributed by atoms with Crippen LogP contribution in [0.3, 0.4) is 0 Å². The number of thiophene rings is 1. The smallest absolute Gasteiger partial charge is 0.250 e. The van der Waals surface area contributed by atoms with Crippen molar-refractivity contribution < 1.29 is 8.42 Å². The Kier molecular flexibility index (Phi) is 6.43. The lowest BCUT2D eigenvalue weighted by atomic mass is 9.96. The van der Waals surface area contributed by atoms with Gasteiger partial charge in [0, 0.05) is 30.7 Å². The molecule has 1 N–H and O–H groups in total. The monoisotopic (exact) mass is 366 g/mol. The fraction of sp³-hybridized carbons (Fsp3) is 0.444. The van der Waals surface area contributed by atoms with Crippen molar-refractivity contribution in [3.63, 3.8) is 0 Å². The molecule has 0 aliphatic heterocycles. The molecular formula is C18H26N2O2S2. The molecule has 1 saturated carbocycles. The van der Waals surface area contributed by atoms with E-state index in [1.807, 2.05) is 37.2 Å².